The Hall–Kier alpha value is -3.31. The van der Waals surface area contributed by atoms with E-state index in [9.17, 15) is 0 Å². The number of aliphatic hydroxyl groups excluding tert-OH is 1. The van der Waals surface area contributed by atoms with Gasteiger partial charge in [0, 0.05) is 6.42 Å². The molecule has 0 unspecified atom stereocenters. The van der Waals surface area contributed by atoms with Gasteiger partial charge in [-0.15, -0.1) is 5.10 Å². The predicted octanol–water partition coefficient (Wildman–Crippen LogP) is 1.64. The van der Waals surface area contributed by atoms with Gasteiger partial charge in [0.1, 0.15) is 24.0 Å². The molecule has 114 valence electrons. The second kappa shape index (κ2) is 4.86. The molecule has 3 N–H and O–H groups in total. The number of aryl methyl sites for hydroxylation is 1. The number of aliphatic hydroxyl groups is 1. The van der Waals surface area contributed by atoms with E-state index in [1.165, 1.54) is 0 Å². The van der Waals surface area contributed by atoms with E-state index in [-0.39, 0.29) is 5.70 Å². The topological polar surface area (TPSA) is 94.8 Å². The minimum Gasteiger partial charge on any atom is -0.507 e. The zero-order chi connectivity index (χ0) is 16.0. The Morgan fingerprint density at radius 3 is 2.87 bits per heavy atom. The van der Waals surface area contributed by atoms with Crippen LogP contribution in [0.25, 0.3) is 17.1 Å². The van der Waals surface area contributed by atoms with Crippen molar-refractivity contribution in [3.05, 3.63) is 65.4 Å². The van der Waals surface area contributed by atoms with E-state index < -0.39 is 0 Å². The Kier molecular flexibility index (Phi) is 2.82. The lowest BCUT2D eigenvalue weighted by atomic mass is 10.1. The number of imidazole rings is 1. The molecule has 3 aromatic rings. The molecule has 1 aromatic carbocycles. The normalized spacial score (nSPS) is 11.7. The molecule has 4 rings (SSSR count). The highest BCUT2D eigenvalue weighted by Gasteiger charge is 2.25. The summed E-state index contributed by atoms with van der Waals surface area (Å²) in [5.41, 5.74) is 14.1. The monoisotopic (exact) mass is 306 g/mol. The van der Waals surface area contributed by atoms with Gasteiger partial charge in [-0.2, -0.15) is 0 Å². The second-order valence-corrected chi connectivity index (χ2v) is 5.30. The van der Waals surface area contributed by atoms with Crippen LogP contribution in [0.5, 0.6) is 0 Å². The molecule has 0 amide bonds. The Bertz CT molecular complexity index is 974. The summed E-state index contributed by atoms with van der Waals surface area (Å²) in [6.45, 7) is 1.93. The molecule has 0 fully saturated rings. The SMILES string of the molecule is Cc1nnn2c1Cc1c(C(N)=C=CO)ncn1-c1ccccc1-2. The van der Waals surface area contributed by atoms with Crippen molar-refractivity contribution in [3.63, 3.8) is 0 Å². The highest BCUT2D eigenvalue weighted by molar-refractivity contribution is 5.64. The molecule has 0 atom stereocenters. The molecule has 1 aliphatic rings. The molecule has 7 nitrogen and oxygen atoms in total. The molecule has 0 radical (unpaired) electrons. The average molecular weight is 306 g/mol. The fourth-order valence-electron chi connectivity index (χ4n) is 2.89. The van der Waals surface area contributed by atoms with E-state index in [0.717, 1.165) is 34.7 Å². The first-order valence-corrected chi connectivity index (χ1v) is 7.13. The predicted molar refractivity (Wildman–Crippen MR) is 84.3 cm³/mol. The van der Waals surface area contributed by atoms with Crippen LogP contribution in [0.15, 0.2) is 42.6 Å². The summed E-state index contributed by atoms with van der Waals surface area (Å²) in [4.78, 5) is 4.40. The highest BCUT2D eigenvalue weighted by atomic mass is 16.2. The summed E-state index contributed by atoms with van der Waals surface area (Å²) in [5.74, 6) is 0. The van der Waals surface area contributed by atoms with Crippen molar-refractivity contribution in [2.45, 2.75) is 13.3 Å². The summed E-state index contributed by atoms with van der Waals surface area (Å²) in [7, 11) is 0. The lowest BCUT2D eigenvalue weighted by Gasteiger charge is -2.09. The lowest BCUT2D eigenvalue weighted by molar-refractivity contribution is 0.475. The van der Waals surface area contributed by atoms with Crippen molar-refractivity contribution < 1.29 is 5.11 Å². The summed E-state index contributed by atoms with van der Waals surface area (Å²) in [6.07, 6.45) is 3.10. The average Bonchev–Trinajstić information content (AvgIpc) is 3.09. The van der Waals surface area contributed by atoms with Crippen molar-refractivity contribution >= 4 is 5.70 Å². The van der Waals surface area contributed by atoms with Gasteiger partial charge in [-0.3, -0.25) is 4.57 Å². The van der Waals surface area contributed by atoms with Crippen LogP contribution in [-0.4, -0.2) is 29.7 Å². The number of hydrogen-bond donors (Lipinski definition) is 2. The zero-order valence-corrected chi connectivity index (χ0v) is 12.4. The maximum absolute atomic E-state index is 8.93. The number of nitrogens with two attached hydrogens (primary N) is 1. The van der Waals surface area contributed by atoms with Crippen LogP contribution in [-0.2, 0) is 6.42 Å². The third-order valence-electron chi connectivity index (χ3n) is 4.00. The van der Waals surface area contributed by atoms with Gasteiger partial charge in [0.2, 0.25) is 0 Å². The lowest BCUT2D eigenvalue weighted by Crippen LogP contribution is -2.05. The molecule has 2 aromatic heterocycles. The van der Waals surface area contributed by atoms with Crippen LogP contribution in [0.2, 0.25) is 0 Å². The standard InChI is InChI=1S/C16H14N6O/c1-10-14-8-15-16(11(17)6-7-23)18-9-21(15)12-4-2-3-5-13(12)22(14)20-19-10/h2-5,7,9,23H,8,17H2,1H3. The maximum atomic E-state index is 8.93. The minimum absolute atomic E-state index is 0.289. The molecule has 0 saturated carbocycles. The van der Waals surface area contributed by atoms with E-state index in [0.29, 0.717) is 12.1 Å². The molecule has 0 spiro atoms. The molecular weight excluding hydrogens is 292 g/mol. The van der Waals surface area contributed by atoms with E-state index in [2.05, 4.69) is 21.0 Å². The third kappa shape index (κ3) is 1.88. The number of para-hydroxylation sites is 2. The Morgan fingerprint density at radius 2 is 2.09 bits per heavy atom. The van der Waals surface area contributed by atoms with Gasteiger partial charge in [-0.25, -0.2) is 9.67 Å². The van der Waals surface area contributed by atoms with E-state index in [4.69, 9.17) is 10.8 Å². The molecule has 23 heavy (non-hydrogen) atoms. The van der Waals surface area contributed by atoms with Crippen molar-refractivity contribution in [2.24, 2.45) is 5.73 Å². The van der Waals surface area contributed by atoms with Crippen molar-refractivity contribution in [1.29, 1.82) is 0 Å². The molecule has 0 aliphatic carbocycles. The first kappa shape index (κ1) is 13.4. The van der Waals surface area contributed by atoms with Crippen molar-refractivity contribution in [2.75, 3.05) is 0 Å². The van der Waals surface area contributed by atoms with Gasteiger partial charge < -0.3 is 10.8 Å². The van der Waals surface area contributed by atoms with Gasteiger partial charge >= 0.3 is 0 Å². The Morgan fingerprint density at radius 1 is 1.30 bits per heavy atom. The van der Waals surface area contributed by atoms with Crippen molar-refractivity contribution in [3.8, 4) is 11.4 Å². The Labute approximate surface area is 132 Å². The van der Waals surface area contributed by atoms with Gasteiger partial charge in [-0.1, -0.05) is 23.1 Å². The summed E-state index contributed by atoms with van der Waals surface area (Å²) in [5, 5.41) is 17.4. The van der Waals surface area contributed by atoms with E-state index in [1.807, 2.05) is 40.4 Å². The maximum Gasteiger partial charge on any atom is 0.123 e. The molecule has 3 heterocycles. The smallest absolute Gasteiger partial charge is 0.123 e. The van der Waals surface area contributed by atoms with E-state index >= 15 is 0 Å². The van der Waals surface area contributed by atoms with Gasteiger partial charge in [0.05, 0.1) is 28.5 Å². The molecule has 7 heteroatoms. The number of fused-ring (bicyclic) bond motifs is 5. The number of aromatic nitrogens is 5. The summed E-state index contributed by atoms with van der Waals surface area (Å²) in [6, 6.07) is 7.92. The summed E-state index contributed by atoms with van der Waals surface area (Å²) < 4.78 is 3.84. The summed E-state index contributed by atoms with van der Waals surface area (Å²) >= 11 is 0. The van der Waals surface area contributed by atoms with Crippen molar-refractivity contribution in [1.82, 2.24) is 24.5 Å². The highest BCUT2D eigenvalue weighted by Crippen LogP contribution is 2.30. The van der Waals surface area contributed by atoms with Gasteiger partial charge in [0.25, 0.3) is 0 Å². The van der Waals surface area contributed by atoms with Gasteiger partial charge in [-0.05, 0) is 19.1 Å². The molecule has 0 saturated heterocycles. The fourth-order valence-corrected chi connectivity index (χ4v) is 2.89. The van der Waals surface area contributed by atoms with Gasteiger partial charge in [0.15, 0.2) is 0 Å². The molecule has 0 bridgehead atoms. The Balaban J connectivity index is 2.06. The van der Waals surface area contributed by atoms with Crippen LogP contribution in [0.3, 0.4) is 0 Å². The number of hydrogen-bond acceptors (Lipinski definition) is 5. The van der Waals surface area contributed by atoms with Crippen LogP contribution >= 0.6 is 0 Å². The fraction of sp³-hybridized carbons (Fsp3) is 0.125. The minimum atomic E-state index is 0.289. The number of nitrogens with zero attached hydrogens (tertiary/aromatic N) is 5. The zero-order valence-electron chi connectivity index (χ0n) is 12.4. The van der Waals surface area contributed by atoms with Crippen LogP contribution in [0.4, 0.5) is 0 Å². The van der Waals surface area contributed by atoms with E-state index in [1.54, 1.807) is 6.33 Å². The molecular formula is C16H14N6O. The third-order valence-corrected chi connectivity index (χ3v) is 4.00. The second-order valence-electron chi connectivity index (χ2n) is 5.30. The quantitative estimate of drug-likeness (QED) is 0.412. The number of benzene rings is 1. The largest absolute Gasteiger partial charge is 0.507 e. The molecule has 1 aliphatic heterocycles. The number of rotatable bonds is 1. The van der Waals surface area contributed by atoms with Crippen LogP contribution < -0.4 is 5.73 Å². The first-order valence-electron chi connectivity index (χ1n) is 7.13. The first-order chi connectivity index (χ1) is 11.2. The van der Waals surface area contributed by atoms with Crippen LogP contribution in [0.1, 0.15) is 22.8 Å². The van der Waals surface area contributed by atoms with Crippen LogP contribution in [0, 0.1) is 6.92 Å².